The van der Waals surface area contributed by atoms with Crippen LogP contribution in [-0.2, 0) is 9.47 Å². The van der Waals surface area contributed by atoms with E-state index in [0.29, 0.717) is 5.92 Å². The van der Waals surface area contributed by atoms with Crippen LogP contribution >= 0.6 is 0 Å². The van der Waals surface area contributed by atoms with Crippen LogP contribution in [-0.4, -0.2) is 20.0 Å². The number of hydrogen-bond acceptors (Lipinski definition) is 2. The van der Waals surface area contributed by atoms with Crippen LogP contribution in [0.2, 0.25) is 0 Å². The molecule has 2 heteroatoms. The van der Waals surface area contributed by atoms with Gasteiger partial charge in [0.1, 0.15) is 0 Å². The van der Waals surface area contributed by atoms with E-state index in [2.05, 4.69) is 20.8 Å². The zero-order valence-corrected chi connectivity index (χ0v) is 18.9. The lowest BCUT2D eigenvalue weighted by Gasteiger charge is -2.38. The van der Waals surface area contributed by atoms with Gasteiger partial charge in [0.05, 0.1) is 0 Å². The first-order valence-corrected chi connectivity index (χ1v) is 11.8. The fourth-order valence-corrected chi connectivity index (χ4v) is 4.27. The molecule has 0 N–H and O–H groups in total. The van der Waals surface area contributed by atoms with Crippen LogP contribution in [0.5, 0.6) is 0 Å². The summed E-state index contributed by atoms with van der Waals surface area (Å²) in [4.78, 5) is 0. The molecule has 0 spiro atoms. The van der Waals surface area contributed by atoms with Crippen molar-refractivity contribution < 1.29 is 9.47 Å². The van der Waals surface area contributed by atoms with Gasteiger partial charge in [0.25, 0.3) is 0 Å². The highest BCUT2D eigenvalue weighted by molar-refractivity contribution is 4.78. The third-order valence-corrected chi connectivity index (χ3v) is 6.12. The van der Waals surface area contributed by atoms with E-state index in [1.54, 1.807) is 0 Å². The van der Waals surface area contributed by atoms with Crippen LogP contribution in [0.1, 0.15) is 130 Å². The molecule has 0 fully saturated rings. The fourth-order valence-electron chi connectivity index (χ4n) is 4.27. The molecule has 0 aromatic rings. The average Bonchev–Trinajstić information content (AvgIpc) is 2.67. The molecule has 1 atom stereocenters. The first-order valence-electron chi connectivity index (χ1n) is 11.8. The van der Waals surface area contributed by atoms with Gasteiger partial charge >= 0.3 is 0 Å². The van der Waals surface area contributed by atoms with Crippen molar-refractivity contribution in [3.05, 3.63) is 0 Å². The largest absolute Gasteiger partial charge is 0.353 e. The Labute approximate surface area is 165 Å². The Bertz CT molecular complexity index is 265. The Morgan fingerprint density at radius 3 is 1.19 bits per heavy atom. The quantitative estimate of drug-likeness (QED) is 0.158. The maximum Gasteiger partial charge on any atom is 0.170 e. The monoisotopic (exact) mass is 370 g/mol. The van der Waals surface area contributed by atoms with E-state index in [4.69, 9.17) is 9.47 Å². The van der Waals surface area contributed by atoms with E-state index in [0.717, 1.165) is 6.42 Å². The molecule has 0 amide bonds. The average molecular weight is 371 g/mol. The zero-order chi connectivity index (χ0) is 19.5. The third-order valence-electron chi connectivity index (χ3n) is 6.12. The first kappa shape index (κ1) is 25.9. The van der Waals surface area contributed by atoms with E-state index in [1.165, 1.54) is 103 Å². The van der Waals surface area contributed by atoms with Crippen LogP contribution in [0.25, 0.3) is 0 Å². The van der Waals surface area contributed by atoms with Gasteiger partial charge in [0, 0.05) is 20.1 Å². The van der Waals surface area contributed by atoms with E-state index in [-0.39, 0.29) is 5.79 Å². The van der Waals surface area contributed by atoms with Gasteiger partial charge < -0.3 is 9.47 Å². The van der Waals surface area contributed by atoms with Gasteiger partial charge in [0.2, 0.25) is 0 Å². The summed E-state index contributed by atoms with van der Waals surface area (Å²) in [7, 11) is 3.66. The van der Waals surface area contributed by atoms with Crippen LogP contribution in [0, 0.1) is 5.92 Å². The van der Waals surface area contributed by atoms with E-state index < -0.39 is 0 Å². The number of methoxy groups -OCH3 is 2. The molecule has 0 aromatic heterocycles. The van der Waals surface area contributed by atoms with Gasteiger partial charge in [-0.15, -0.1) is 0 Å². The van der Waals surface area contributed by atoms with Crippen LogP contribution in [0.15, 0.2) is 0 Å². The van der Waals surface area contributed by atoms with Gasteiger partial charge in [-0.1, -0.05) is 111 Å². The molecular formula is C24H50O2. The van der Waals surface area contributed by atoms with E-state index in [9.17, 15) is 0 Å². The smallest absolute Gasteiger partial charge is 0.170 e. The number of unbranched alkanes of at least 4 members (excludes halogenated alkanes) is 12. The molecule has 0 rings (SSSR count). The van der Waals surface area contributed by atoms with E-state index >= 15 is 0 Å². The standard InChI is InChI=1S/C24H50O2/c1-6-9-11-13-15-16-18-20-22-23(24(8-3,25-4)26-5)21-19-17-14-12-10-7-2/h23H,6-22H2,1-5H3. The Hall–Kier alpha value is -0.0800. The lowest BCUT2D eigenvalue weighted by molar-refractivity contribution is -0.244. The summed E-state index contributed by atoms with van der Waals surface area (Å²) in [5, 5.41) is 0. The minimum absolute atomic E-state index is 0.370. The molecule has 0 saturated carbocycles. The van der Waals surface area contributed by atoms with Gasteiger partial charge in [-0.05, 0) is 19.3 Å². The Balaban J connectivity index is 4.20. The van der Waals surface area contributed by atoms with Crippen LogP contribution < -0.4 is 0 Å². The minimum atomic E-state index is -0.370. The first-order chi connectivity index (χ1) is 12.7. The van der Waals surface area contributed by atoms with Crippen molar-refractivity contribution in [3.8, 4) is 0 Å². The lowest BCUT2D eigenvalue weighted by Crippen LogP contribution is -2.41. The van der Waals surface area contributed by atoms with Gasteiger partial charge in [-0.2, -0.15) is 0 Å². The summed E-state index contributed by atoms with van der Waals surface area (Å²) in [5.41, 5.74) is 0. The van der Waals surface area contributed by atoms with Crippen molar-refractivity contribution in [1.29, 1.82) is 0 Å². The highest BCUT2D eigenvalue weighted by atomic mass is 16.7. The highest BCUT2D eigenvalue weighted by Crippen LogP contribution is 2.34. The molecule has 0 aromatic carbocycles. The summed E-state index contributed by atoms with van der Waals surface area (Å²) >= 11 is 0. The minimum Gasteiger partial charge on any atom is -0.353 e. The van der Waals surface area contributed by atoms with Crippen molar-refractivity contribution in [2.75, 3.05) is 14.2 Å². The van der Waals surface area contributed by atoms with Crippen molar-refractivity contribution >= 4 is 0 Å². The van der Waals surface area contributed by atoms with Gasteiger partial charge in [-0.25, -0.2) is 0 Å². The summed E-state index contributed by atoms with van der Waals surface area (Å²) in [6, 6.07) is 0. The maximum atomic E-state index is 5.89. The van der Waals surface area contributed by atoms with Crippen molar-refractivity contribution in [2.24, 2.45) is 5.92 Å². The molecule has 26 heavy (non-hydrogen) atoms. The molecule has 0 radical (unpaired) electrons. The van der Waals surface area contributed by atoms with Gasteiger partial charge in [-0.3, -0.25) is 0 Å². The molecular weight excluding hydrogens is 320 g/mol. The predicted molar refractivity (Wildman–Crippen MR) is 116 cm³/mol. The highest BCUT2D eigenvalue weighted by Gasteiger charge is 2.36. The summed E-state index contributed by atoms with van der Waals surface area (Å²) in [6.45, 7) is 6.77. The molecule has 0 aliphatic carbocycles. The Morgan fingerprint density at radius 1 is 0.538 bits per heavy atom. The summed E-state index contributed by atoms with van der Waals surface area (Å²) in [6.07, 6.45) is 22.7. The second kappa shape index (κ2) is 18.3. The molecule has 0 aliphatic rings. The summed E-state index contributed by atoms with van der Waals surface area (Å²) < 4.78 is 11.8. The van der Waals surface area contributed by atoms with Crippen molar-refractivity contribution in [1.82, 2.24) is 0 Å². The third kappa shape index (κ3) is 11.6. The maximum absolute atomic E-state index is 5.89. The predicted octanol–water partition coefficient (Wildman–Crippen LogP) is 8.28. The number of ether oxygens (including phenoxy) is 2. The van der Waals surface area contributed by atoms with Crippen LogP contribution in [0.4, 0.5) is 0 Å². The second-order valence-electron chi connectivity index (χ2n) is 8.09. The number of hydrogen-bond donors (Lipinski definition) is 0. The molecule has 0 bridgehead atoms. The molecule has 0 heterocycles. The summed E-state index contributed by atoms with van der Waals surface area (Å²) in [5.74, 6) is 0.165. The topological polar surface area (TPSA) is 18.5 Å². The SMILES string of the molecule is CCCCCCCCCCC(CCCCCCCC)C(CC)(OC)OC. The second-order valence-corrected chi connectivity index (χ2v) is 8.09. The molecule has 2 nitrogen and oxygen atoms in total. The van der Waals surface area contributed by atoms with Crippen molar-refractivity contribution in [2.45, 2.75) is 136 Å². The fraction of sp³-hybridized carbons (Fsp3) is 1.00. The zero-order valence-electron chi connectivity index (χ0n) is 18.9. The molecule has 0 saturated heterocycles. The van der Waals surface area contributed by atoms with E-state index in [1.807, 2.05) is 14.2 Å². The molecule has 0 aliphatic heterocycles. The van der Waals surface area contributed by atoms with Crippen LogP contribution in [0.3, 0.4) is 0 Å². The Kier molecular flexibility index (Phi) is 18.2. The van der Waals surface area contributed by atoms with Gasteiger partial charge in [0.15, 0.2) is 5.79 Å². The molecule has 158 valence electrons. The Morgan fingerprint density at radius 2 is 0.885 bits per heavy atom. The van der Waals surface area contributed by atoms with Crippen molar-refractivity contribution in [3.63, 3.8) is 0 Å². The normalized spacial score (nSPS) is 13.3. The lowest BCUT2D eigenvalue weighted by atomic mass is 9.85. The number of rotatable bonds is 20. The molecule has 1 unspecified atom stereocenters.